The Bertz CT molecular complexity index is 735. The van der Waals surface area contributed by atoms with Crippen LogP contribution >= 0.6 is 11.6 Å². The Hall–Kier alpha value is -2.60. The van der Waals surface area contributed by atoms with Gasteiger partial charge in [0.05, 0.1) is 12.8 Å². The van der Waals surface area contributed by atoms with E-state index < -0.39 is 11.8 Å². The third-order valence-electron chi connectivity index (χ3n) is 3.23. The summed E-state index contributed by atoms with van der Waals surface area (Å²) >= 11 is 5.87. The molecule has 0 unspecified atom stereocenters. The smallest absolute Gasteiger partial charge is 0.313 e. The molecule has 0 fully saturated rings. The molecule has 0 aromatic heterocycles. The van der Waals surface area contributed by atoms with E-state index in [1.54, 1.807) is 24.3 Å². The van der Waals surface area contributed by atoms with Gasteiger partial charge in [-0.15, -0.1) is 0 Å². The molecule has 2 rings (SSSR count). The Labute approximate surface area is 143 Å². The number of nitrogens with one attached hydrogen (secondary N) is 2. The minimum Gasteiger partial charge on any atom is -0.495 e. The summed E-state index contributed by atoms with van der Waals surface area (Å²) in [5, 5.41) is 5.35. The van der Waals surface area contributed by atoms with Crippen molar-refractivity contribution in [3.63, 3.8) is 0 Å². The lowest BCUT2D eigenvalue weighted by Crippen LogP contribution is -2.36. The molecule has 2 N–H and O–H groups in total. The highest BCUT2D eigenvalue weighted by Crippen LogP contribution is 2.27. The quantitative estimate of drug-likeness (QED) is 0.815. The Balaban J connectivity index is 1.87. The zero-order valence-corrected chi connectivity index (χ0v) is 13.7. The minimum atomic E-state index is -0.824. The van der Waals surface area contributed by atoms with Gasteiger partial charge in [0.25, 0.3) is 0 Å². The molecular weight excluding hydrogens is 335 g/mol. The van der Waals surface area contributed by atoms with Crippen LogP contribution in [0, 0.1) is 5.82 Å². The standard InChI is InChI=1S/C17H16ClFN2O3/c1-24-15-7-4-12(18)10-14(15)21-17(23)16(22)20-9-8-11-2-5-13(19)6-3-11/h2-7,10H,8-9H2,1H3,(H,20,22)(H,21,23). The van der Waals surface area contributed by atoms with Gasteiger partial charge in [-0.25, -0.2) is 4.39 Å². The molecule has 0 aliphatic carbocycles. The zero-order chi connectivity index (χ0) is 17.5. The van der Waals surface area contributed by atoms with E-state index in [2.05, 4.69) is 10.6 Å². The summed E-state index contributed by atoms with van der Waals surface area (Å²) in [7, 11) is 1.45. The molecular formula is C17H16ClFN2O3. The molecule has 0 spiro atoms. The molecule has 0 saturated heterocycles. The van der Waals surface area contributed by atoms with E-state index in [1.807, 2.05) is 0 Å². The first-order chi connectivity index (χ1) is 11.5. The van der Waals surface area contributed by atoms with Crippen molar-refractivity contribution < 1.29 is 18.7 Å². The number of hydrogen-bond donors (Lipinski definition) is 2. The van der Waals surface area contributed by atoms with Crippen LogP contribution in [0.15, 0.2) is 42.5 Å². The zero-order valence-electron chi connectivity index (χ0n) is 12.9. The molecule has 0 aliphatic rings. The molecule has 2 amide bonds. The first-order valence-electron chi connectivity index (χ1n) is 7.17. The second kappa shape index (κ2) is 8.31. The van der Waals surface area contributed by atoms with Crippen molar-refractivity contribution >= 4 is 29.1 Å². The van der Waals surface area contributed by atoms with Crippen molar-refractivity contribution in [3.05, 3.63) is 58.9 Å². The second-order valence-electron chi connectivity index (χ2n) is 4.93. The molecule has 0 saturated carbocycles. The Morgan fingerprint density at radius 3 is 2.50 bits per heavy atom. The van der Waals surface area contributed by atoms with Crippen LogP contribution in [0.2, 0.25) is 5.02 Å². The SMILES string of the molecule is COc1ccc(Cl)cc1NC(=O)C(=O)NCCc1ccc(F)cc1. The van der Waals surface area contributed by atoms with Gasteiger partial charge in [-0.1, -0.05) is 23.7 Å². The van der Waals surface area contributed by atoms with Crippen LogP contribution in [0.3, 0.4) is 0 Å². The maximum absolute atomic E-state index is 12.8. The van der Waals surface area contributed by atoms with Crippen molar-refractivity contribution in [2.45, 2.75) is 6.42 Å². The number of methoxy groups -OCH3 is 1. The van der Waals surface area contributed by atoms with E-state index in [0.29, 0.717) is 22.9 Å². The van der Waals surface area contributed by atoms with E-state index in [4.69, 9.17) is 16.3 Å². The van der Waals surface area contributed by atoms with Gasteiger partial charge < -0.3 is 15.4 Å². The summed E-state index contributed by atoms with van der Waals surface area (Å²) < 4.78 is 17.9. The van der Waals surface area contributed by atoms with Crippen LogP contribution in [0.25, 0.3) is 0 Å². The third kappa shape index (κ3) is 4.96. The lowest BCUT2D eigenvalue weighted by Gasteiger charge is -2.10. The van der Waals surface area contributed by atoms with Crippen LogP contribution in [-0.4, -0.2) is 25.5 Å². The number of rotatable bonds is 5. The topological polar surface area (TPSA) is 67.4 Å². The van der Waals surface area contributed by atoms with Crippen LogP contribution in [-0.2, 0) is 16.0 Å². The average molecular weight is 351 g/mol. The molecule has 5 nitrogen and oxygen atoms in total. The Kier molecular flexibility index (Phi) is 6.14. The highest BCUT2D eigenvalue weighted by atomic mass is 35.5. The van der Waals surface area contributed by atoms with Gasteiger partial charge in [0.15, 0.2) is 0 Å². The number of hydrogen-bond acceptors (Lipinski definition) is 3. The molecule has 2 aromatic carbocycles. The number of anilines is 1. The molecule has 0 atom stereocenters. The molecule has 0 bridgehead atoms. The maximum atomic E-state index is 12.8. The lowest BCUT2D eigenvalue weighted by atomic mass is 10.1. The van der Waals surface area contributed by atoms with Gasteiger partial charge in [-0.05, 0) is 42.3 Å². The van der Waals surface area contributed by atoms with Gasteiger partial charge in [0.1, 0.15) is 11.6 Å². The Morgan fingerprint density at radius 2 is 1.83 bits per heavy atom. The van der Waals surface area contributed by atoms with Gasteiger partial charge >= 0.3 is 11.8 Å². The third-order valence-corrected chi connectivity index (χ3v) is 3.46. The normalized spacial score (nSPS) is 10.1. The number of amides is 2. The number of halogens is 2. The molecule has 0 radical (unpaired) electrons. The van der Waals surface area contributed by atoms with Crippen LogP contribution < -0.4 is 15.4 Å². The monoisotopic (exact) mass is 350 g/mol. The highest BCUT2D eigenvalue weighted by molar-refractivity contribution is 6.40. The van der Waals surface area contributed by atoms with Gasteiger partial charge in [0, 0.05) is 11.6 Å². The van der Waals surface area contributed by atoms with Gasteiger partial charge in [-0.3, -0.25) is 9.59 Å². The van der Waals surface area contributed by atoms with Crippen LogP contribution in [0.5, 0.6) is 5.75 Å². The minimum absolute atomic E-state index is 0.255. The summed E-state index contributed by atoms with van der Waals surface area (Å²) in [5.41, 5.74) is 1.16. The second-order valence-corrected chi connectivity index (χ2v) is 5.37. The van der Waals surface area contributed by atoms with Crippen molar-refractivity contribution in [1.29, 1.82) is 0 Å². The van der Waals surface area contributed by atoms with Gasteiger partial charge in [-0.2, -0.15) is 0 Å². The molecule has 0 heterocycles. The summed E-state index contributed by atoms with van der Waals surface area (Å²) in [6.07, 6.45) is 0.486. The fraction of sp³-hybridized carbons (Fsp3) is 0.176. The summed E-state index contributed by atoms with van der Waals surface area (Å²) in [4.78, 5) is 23.7. The van der Waals surface area contributed by atoms with Crippen LogP contribution in [0.4, 0.5) is 10.1 Å². The molecule has 24 heavy (non-hydrogen) atoms. The van der Waals surface area contributed by atoms with Crippen molar-refractivity contribution in [2.75, 3.05) is 19.0 Å². The van der Waals surface area contributed by atoms with E-state index in [1.165, 1.54) is 25.3 Å². The van der Waals surface area contributed by atoms with Crippen LogP contribution in [0.1, 0.15) is 5.56 Å². The average Bonchev–Trinajstić information content (AvgIpc) is 2.56. The summed E-state index contributed by atoms with van der Waals surface area (Å²) in [6.45, 7) is 0.255. The predicted octanol–water partition coefficient (Wildman–Crippen LogP) is 2.79. The number of carbonyl (C=O) groups excluding carboxylic acids is 2. The van der Waals surface area contributed by atoms with Crippen molar-refractivity contribution in [3.8, 4) is 5.75 Å². The first kappa shape index (κ1) is 17.7. The van der Waals surface area contributed by atoms with E-state index in [-0.39, 0.29) is 12.4 Å². The number of benzene rings is 2. The number of ether oxygens (including phenoxy) is 1. The van der Waals surface area contributed by atoms with E-state index in [0.717, 1.165) is 5.56 Å². The number of carbonyl (C=O) groups is 2. The lowest BCUT2D eigenvalue weighted by molar-refractivity contribution is -0.136. The summed E-state index contributed by atoms with van der Waals surface area (Å²) in [5.74, 6) is -1.53. The van der Waals surface area contributed by atoms with E-state index in [9.17, 15) is 14.0 Å². The van der Waals surface area contributed by atoms with Crippen molar-refractivity contribution in [1.82, 2.24) is 5.32 Å². The fourth-order valence-electron chi connectivity index (χ4n) is 2.01. The van der Waals surface area contributed by atoms with E-state index >= 15 is 0 Å². The predicted molar refractivity (Wildman–Crippen MR) is 89.7 cm³/mol. The highest BCUT2D eigenvalue weighted by Gasteiger charge is 2.15. The summed E-state index contributed by atoms with van der Waals surface area (Å²) in [6, 6.07) is 10.6. The maximum Gasteiger partial charge on any atom is 0.313 e. The van der Waals surface area contributed by atoms with Crippen molar-refractivity contribution in [2.24, 2.45) is 0 Å². The molecule has 2 aromatic rings. The molecule has 7 heteroatoms. The molecule has 0 aliphatic heterocycles. The van der Waals surface area contributed by atoms with Gasteiger partial charge in [0.2, 0.25) is 0 Å². The molecule has 126 valence electrons. The Morgan fingerprint density at radius 1 is 1.12 bits per heavy atom. The fourth-order valence-corrected chi connectivity index (χ4v) is 2.18. The largest absolute Gasteiger partial charge is 0.495 e. The first-order valence-corrected chi connectivity index (χ1v) is 7.54.